The Kier molecular flexibility index (Phi) is 10.9. The molecule has 1 aromatic rings. The second-order valence-corrected chi connectivity index (χ2v) is 6.17. The van der Waals surface area contributed by atoms with E-state index in [9.17, 15) is 4.79 Å². The van der Waals surface area contributed by atoms with E-state index in [1.165, 1.54) is 37.7 Å². The third-order valence-electron chi connectivity index (χ3n) is 4.03. The minimum atomic E-state index is -0.163. The van der Waals surface area contributed by atoms with Gasteiger partial charge in [-0.15, -0.1) is 0 Å². The molecule has 0 aliphatic carbocycles. The van der Waals surface area contributed by atoms with Crippen LogP contribution in [0.25, 0.3) is 0 Å². The lowest BCUT2D eigenvalue weighted by Gasteiger charge is -2.05. The number of unbranched alkanes of at least 4 members (excludes halogenated alkanes) is 6. The average molecular weight is 316 g/mol. The Balaban J connectivity index is 2.08. The molecule has 0 heterocycles. The van der Waals surface area contributed by atoms with Gasteiger partial charge in [0.15, 0.2) is 0 Å². The van der Waals surface area contributed by atoms with Gasteiger partial charge in [-0.05, 0) is 31.7 Å². The van der Waals surface area contributed by atoms with E-state index in [2.05, 4.69) is 19.1 Å². The lowest BCUT2D eigenvalue weighted by Crippen LogP contribution is -2.07. The predicted octanol–water partition coefficient (Wildman–Crippen LogP) is 5.86. The third-order valence-corrected chi connectivity index (χ3v) is 4.03. The minimum Gasteiger partial charge on any atom is -0.462 e. The number of esters is 1. The van der Waals surface area contributed by atoms with Gasteiger partial charge in [0.25, 0.3) is 0 Å². The van der Waals surface area contributed by atoms with Gasteiger partial charge in [0, 0.05) is 5.57 Å². The summed E-state index contributed by atoms with van der Waals surface area (Å²) in [5.41, 5.74) is 2.02. The molecular weight excluding hydrogens is 284 g/mol. The van der Waals surface area contributed by atoms with Crippen molar-refractivity contribution in [2.75, 3.05) is 6.61 Å². The molecule has 0 bridgehead atoms. The van der Waals surface area contributed by atoms with Crippen molar-refractivity contribution in [2.45, 2.75) is 71.6 Å². The van der Waals surface area contributed by atoms with E-state index in [4.69, 9.17) is 4.74 Å². The maximum atomic E-state index is 11.9. The highest BCUT2D eigenvalue weighted by Gasteiger charge is 2.04. The van der Waals surface area contributed by atoms with Crippen LogP contribution in [-0.4, -0.2) is 12.6 Å². The molecule has 1 rings (SSSR count). The molecule has 0 aliphatic rings. The van der Waals surface area contributed by atoms with Crippen LogP contribution in [0.2, 0.25) is 0 Å². The van der Waals surface area contributed by atoms with E-state index < -0.39 is 0 Å². The molecule has 0 fully saturated rings. The van der Waals surface area contributed by atoms with Gasteiger partial charge >= 0.3 is 5.97 Å². The summed E-state index contributed by atoms with van der Waals surface area (Å²) >= 11 is 0. The van der Waals surface area contributed by atoms with Crippen LogP contribution >= 0.6 is 0 Å². The number of hydrogen-bond donors (Lipinski definition) is 0. The number of carbonyl (C=O) groups is 1. The zero-order valence-electron chi connectivity index (χ0n) is 14.9. The van der Waals surface area contributed by atoms with Crippen LogP contribution in [-0.2, 0) is 16.0 Å². The summed E-state index contributed by atoms with van der Waals surface area (Å²) in [5, 5.41) is 0. The summed E-state index contributed by atoms with van der Waals surface area (Å²) < 4.78 is 5.33. The predicted molar refractivity (Wildman–Crippen MR) is 97.5 cm³/mol. The number of benzene rings is 1. The van der Waals surface area contributed by atoms with Crippen LogP contribution in [0.3, 0.4) is 0 Å². The van der Waals surface area contributed by atoms with Crippen molar-refractivity contribution in [1.29, 1.82) is 0 Å². The zero-order valence-corrected chi connectivity index (χ0v) is 14.9. The van der Waals surface area contributed by atoms with Gasteiger partial charge in [0.2, 0.25) is 0 Å². The first-order valence-corrected chi connectivity index (χ1v) is 9.12. The van der Waals surface area contributed by atoms with Gasteiger partial charge in [0.1, 0.15) is 0 Å². The number of allylic oxidation sites excluding steroid dienone is 1. The van der Waals surface area contributed by atoms with Crippen LogP contribution in [0.5, 0.6) is 0 Å². The number of aryl methyl sites for hydroxylation is 1. The molecule has 0 amide bonds. The maximum absolute atomic E-state index is 11.9. The van der Waals surface area contributed by atoms with Crippen molar-refractivity contribution in [2.24, 2.45) is 0 Å². The molecule has 1 aromatic carbocycles. The first-order chi connectivity index (χ1) is 11.2. The molecular formula is C21H32O2. The summed E-state index contributed by atoms with van der Waals surface area (Å²) in [6.45, 7) is 4.63. The highest BCUT2D eigenvalue weighted by atomic mass is 16.5. The third kappa shape index (κ3) is 9.93. The SMILES string of the molecule is CCCCCCCCCOC(=O)C(C)=CCCc1ccccc1. The molecule has 0 radical (unpaired) electrons. The van der Waals surface area contributed by atoms with Crippen LogP contribution in [0.4, 0.5) is 0 Å². The van der Waals surface area contributed by atoms with E-state index in [1.54, 1.807) is 0 Å². The van der Waals surface area contributed by atoms with Crippen molar-refractivity contribution < 1.29 is 9.53 Å². The molecule has 2 heteroatoms. The Morgan fingerprint density at radius 2 is 1.65 bits per heavy atom. The molecule has 23 heavy (non-hydrogen) atoms. The first kappa shape index (κ1) is 19.5. The molecule has 0 aromatic heterocycles. The van der Waals surface area contributed by atoms with Crippen molar-refractivity contribution in [3.05, 3.63) is 47.5 Å². The largest absolute Gasteiger partial charge is 0.462 e. The van der Waals surface area contributed by atoms with Gasteiger partial charge < -0.3 is 4.74 Å². The fourth-order valence-electron chi connectivity index (χ4n) is 2.52. The van der Waals surface area contributed by atoms with E-state index in [0.29, 0.717) is 6.61 Å². The normalized spacial score (nSPS) is 11.5. The van der Waals surface area contributed by atoms with Crippen molar-refractivity contribution >= 4 is 5.97 Å². The summed E-state index contributed by atoms with van der Waals surface area (Å²) in [5.74, 6) is -0.163. The molecule has 128 valence electrons. The van der Waals surface area contributed by atoms with Gasteiger partial charge in [-0.3, -0.25) is 0 Å². The van der Waals surface area contributed by atoms with E-state index >= 15 is 0 Å². The molecule has 0 atom stereocenters. The number of carbonyl (C=O) groups excluding carboxylic acids is 1. The maximum Gasteiger partial charge on any atom is 0.333 e. The molecule has 0 spiro atoms. The summed E-state index contributed by atoms with van der Waals surface area (Å²) in [6.07, 6.45) is 12.5. The Hall–Kier alpha value is -1.57. The molecule has 0 N–H and O–H groups in total. The van der Waals surface area contributed by atoms with E-state index in [0.717, 1.165) is 31.3 Å². The van der Waals surface area contributed by atoms with E-state index in [-0.39, 0.29) is 5.97 Å². The first-order valence-electron chi connectivity index (χ1n) is 9.12. The standard InChI is InChI=1S/C21H32O2/c1-3-4-5-6-7-8-12-18-23-21(22)19(2)14-13-17-20-15-10-9-11-16-20/h9-11,14-16H,3-8,12-13,17-18H2,1-2H3. The van der Waals surface area contributed by atoms with Gasteiger partial charge in [-0.25, -0.2) is 4.79 Å². The molecule has 2 nitrogen and oxygen atoms in total. The zero-order chi connectivity index (χ0) is 16.8. The molecule has 0 saturated carbocycles. The van der Waals surface area contributed by atoms with Crippen LogP contribution in [0.15, 0.2) is 42.0 Å². The van der Waals surface area contributed by atoms with E-state index in [1.807, 2.05) is 31.2 Å². The highest BCUT2D eigenvalue weighted by Crippen LogP contribution is 2.08. The Morgan fingerprint density at radius 1 is 1.00 bits per heavy atom. The van der Waals surface area contributed by atoms with Crippen molar-refractivity contribution in [3.63, 3.8) is 0 Å². The second-order valence-electron chi connectivity index (χ2n) is 6.17. The van der Waals surface area contributed by atoms with Crippen LogP contribution in [0.1, 0.15) is 70.8 Å². The minimum absolute atomic E-state index is 0.163. The number of rotatable bonds is 12. The van der Waals surface area contributed by atoms with Crippen LogP contribution < -0.4 is 0 Å². The summed E-state index contributed by atoms with van der Waals surface area (Å²) in [7, 11) is 0. The Morgan fingerprint density at radius 3 is 2.35 bits per heavy atom. The van der Waals surface area contributed by atoms with Gasteiger partial charge in [-0.1, -0.05) is 81.9 Å². The smallest absolute Gasteiger partial charge is 0.333 e. The number of ether oxygens (including phenoxy) is 1. The summed E-state index contributed by atoms with van der Waals surface area (Å²) in [4.78, 5) is 11.9. The monoisotopic (exact) mass is 316 g/mol. The molecule has 0 saturated heterocycles. The highest BCUT2D eigenvalue weighted by molar-refractivity contribution is 5.87. The Labute approximate surface area is 141 Å². The fourth-order valence-corrected chi connectivity index (χ4v) is 2.52. The van der Waals surface area contributed by atoms with Gasteiger partial charge in [-0.2, -0.15) is 0 Å². The molecule has 0 unspecified atom stereocenters. The second kappa shape index (κ2) is 12.9. The summed E-state index contributed by atoms with van der Waals surface area (Å²) in [6, 6.07) is 10.3. The quantitative estimate of drug-likeness (QED) is 0.274. The van der Waals surface area contributed by atoms with Gasteiger partial charge in [0.05, 0.1) is 6.61 Å². The average Bonchev–Trinajstić information content (AvgIpc) is 2.58. The van der Waals surface area contributed by atoms with Crippen LogP contribution in [0, 0.1) is 0 Å². The van der Waals surface area contributed by atoms with Crippen molar-refractivity contribution in [1.82, 2.24) is 0 Å². The lowest BCUT2D eigenvalue weighted by molar-refractivity contribution is -0.139. The van der Waals surface area contributed by atoms with Crippen molar-refractivity contribution in [3.8, 4) is 0 Å². The number of hydrogen-bond acceptors (Lipinski definition) is 2. The molecule has 0 aliphatic heterocycles. The Bertz CT molecular complexity index is 448. The fraction of sp³-hybridized carbons (Fsp3) is 0.571. The lowest BCUT2D eigenvalue weighted by atomic mass is 10.1. The topological polar surface area (TPSA) is 26.3 Å².